The largest absolute Gasteiger partial charge is 0.477 e. The lowest BCUT2D eigenvalue weighted by Gasteiger charge is -2.24. The van der Waals surface area contributed by atoms with Gasteiger partial charge in [-0.2, -0.15) is 0 Å². The Hall–Kier alpha value is -2.49. The number of hydrogen-bond acceptors (Lipinski definition) is 7. The maximum Gasteiger partial charge on any atom is 0.341 e. The van der Waals surface area contributed by atoms with Crippen LogP contribution in [0.5, 0.6) is 0 Å². The quantitative estimate of drug-likeness (QED) is 0.681. The highest BCUT2D eigenvalue weighted by atomic mass is 35.5. The average molecular weight is 408 g/mol. The van der Waals surface area contributed by atoms with Crippen molar-refractivity contribution in [1.82, 2.24) is 14.5 Å². The van der Waals surface area contributed by atoms with Crippen LogP contribution in [0.2, 0.25) is 0 Å². The number of thiazole rings is 1. The van der Waals surface area contributed by atoms with Crippen LogP contribution in [0, 0.1) is 0 Å². The number of anilines is 1. The fourth-order valence-corrected chi connectivity index (χ4v) is 3.89. The molecule has 0 saturated carbocycles. The van der Waals surface area contributed by atoms with E-state index in [9.17, 15) is 14.7 Å². The molecule has 0 aliphatic carbocycles. The van der Waals surface area contributed by atoms with Gasteiger partial charge in [-0.25, -0.2) is 14.8 Å². The van der Waals surface area contributed by atoms with E-state index in [0.717, 1.165) is 13.0 Å². The first-order chi connectivity index (χ1) is 12.5. The predicted molar refractivity (Wildman–Crippen MR) is 107 cm³/mol. The van der Waals surface area contributed by atoms with Gasteiger partial charge in [0, 0.05) is 36.4 Å². The smallest absolute Gasteiger partial charge is 0.341 e. The van der Waals surface area contributed by atoms with E-state index in [2.05, 4.69) is 14.9 Å². The van der Waals surface area contributed by atoms with Crippen LogP contribution in [0.3, 0.4) is 0 Å². The summed E-state index contributed by atoms with van der Waals surface area (Å²) < 4.78 is 1.56. The first-order valence-corrected chi connectivity index (χ1v) is 9.07. The van der Waals surface area contributed by atoms with E-state index >= 15 is 0 Å². The lowest BCUT2D eigenvalue weighted by molar-refractivity contribution is 0.0695. The minimum absolute atomic E-state index is 0. The number of halogens is 1. The summed E-state index contributed by atoms with van der Waals surface area (Å²) in [6, 6.07) is 3.59. The molecule has 4 heterocycles. The minimum atomic E-state index is -1.27. The molecule has 0 radical (unpaired) electrons. The zero-order valence-corrected chi connectivity index (χ0v) is 16.0. The standard InChI is InChI=1S/C17H17N5O3S.ClH/c1-9-12(18)4-6-21(9)13-3-2-10-14(23)11(16(24)25)8-22(15(10)20-13)17-19-5-7-26-17;/h2-3,5,7-9,12H,4,6,18H2,1H3,(H,24,25);1H/t9-,12+;/m0./s1. The molecule has 1 aliphatic heterocycles. The van der Waals surface area contributed by atoms with Gasteiger partial charge in [0.25, 0.3) is 0 Å². The highest BCUT2D eigenvalue weighted by molar-refractivity contribution is 7.12. The normalized spacial score (nSPS) is 19.3. The molecule has 27 heavy (non-hydrogen) atoms. The van der Waals surface area contributed by atoms with Crippen molar-refractivity contribution in [1.29, 1.82) is 0 Å². The number of fused-ring (bicyclic) bond motifs is 1. The second-order valence-corrected chi connectivity index (χ2v) is 7.16. The second-order valence-electron chi connectivity index (χ2n) is 6.29. The summed E-state index contributed by atoms with van der Waals surface area (Å²) in [5.74, 6) is -0.559. The SMILES string of the molecule is C[C@H]1[C@H](N)CCN1c1ccc2c(=O)c(C(=O)O)cn(-c3nccs3)c2n1.Cl. The van der Waals surface area contributed by atoms with Crippen LogP contribution in [-0.2, 0) is 0 Å². The van der Waals surface area contributed by atoms with Gasteiger partial charge < -0.3 is 15.7 Å². The highest BCUT2D eigenvalue weighted by Gasteiger charge is 2.29. The zero-order chi connectivity index (χ0) is 18.4. The molecule has 0 spiro atoms. The molecular formula is C17H18ClN5O3S. The molecular weight excluding hydrogens is 390 g/mol. The minimum Gasteiger partial charge on any atom is -0.477 e. The van der Waals surface area contributed by atoms with Gasteiger partial charge in [-0.1, -0.05) is 0 Å². The van der Waals surface area contributed by atoms with Gasteiger partial charge in [0.1, 0.15) is 11.4 Å². The molecule has 2 atom stereocenters. The Morgan fingerprint density at radius 3 is 2.78 bits per heavy atom. The maximum atomic E-state index is 12.6. The van der Waals surface area contributed by atoms with Crippen molar-refractivity contribution in [3.8, 4) is 5.13 Å². The van der Waals surface area contributed by atoms with Gasteiger partial charge in [0.15, 0.2) is 10.8 Å². The Morgan fingerprint density at radius 2 is 2.19 bits per heavy atom. The summed E-state index contributed by atoms with van der Waals surface area (Å²) >= 11 is 1.34. The molecule has 1 saturated heterocycles. The van der Waals surface area contributed by atoms with Gasteiger partial charge in [-0.05, 0) is 25.5 Å². The Labute approximate surface area is 164 Å². The van der Waals surface area contributed by atoms with Crippen LogP contribution in [0.4, 0.5) is 5.82 Å². The number of nitrogens with two attached hydrogens (primary N) is 1. The van der Waals surface area contributed by atoms with Gasteiger partial charge in [-0.3, -0.25) is 9.36 Å². The number of carbonyl (C=O) groups is 1. The van der Waals surface area contributed by atoms with E-state index in [1.54, 1.807) is 28.3 Å². The van der Waals surface area contributed by atoms with E-state index in [1.807, 2.05) is 6.92 Å². The highest BCUT2D eigenvalue weighted by Crippen LogP contribution is 2.26. The van der Waals surface area contributed by atoms with Crippen LogP contribution in [-0.4, -0.2) is 44.2 Å². The first-order valence-electron chi connectivity index (χ1n) is 8.19. The van der Waals surface area contributed by atoms with Crippen LogP contribution >= 0.6 is 23.7 Å². The van der Waals surface area contributed by atoms with E-state index in [1.165, 1.54) is 17.5 Å². The molecule has 3 N–H and O–H groups in total. The number of carboxylic acids is 1. The third-order valence-electron chi connectivity index (χ3n) is 4.80. The number of aromatic carboxylic acids is 1. The molecule has 0 bridgehead atoms. The molecule has 3 aromatic rings. The van der Waals surface area contributed by atoms with E-state index in [0.29, 0.717) is 16.6 Å². The van der Waals surface area contributed by atoms with Crippen molar-refractivity contribution in [3.05, 3.63) is 45.7 Å². The van der Waals surface area contributed by atoms with Crippen molar-refractivity contribution >= 4 is 46.6 Å². The van der Waals surface area contributed by atoms with Crippen LogP contribution in [0.25, 0.3) is 16.2 Å². The van der Waals surface area contributed by atoms with E-state index < -0.39 is 11.4 Å². The molecule has 10 heteroatoms. The lowest BCUT2D eigenvalue weighted by Crippen LogP contribution is -2.37. The third kappa shape index (κ3) is 3.18. The molecule has 8 nitrogen and oxygen atoms in total. The summed E-state index contributed by atoms with van der Waals surface area (Å²) in [4.78, 5) is 35.0. The average Bonchev–Trinajstić information content (AvgIpc) is 3.26. The van der Waals surface area contributed by atoms with Crippen LogP contribution < -0.4 is 16.1 Å². The summed E-state index contributed by atoms with van der Waals surface area (Å²) in [5.41, 5.74) is 5.64. The number of rotatable bonds is 3. The van der Waals surface area contributed by atoms with Gasteiger partial charge >= 0.3 is 5.97 Å². The van der Waals surface area contributed by atoms with Crippen LogP contribution in [0.1, 0.15) is 23.7 Å². The number of pyridine rings is 2. The monoisotopic (exact) mass is 407 g/mol. The van der Waals surface area contributed by atoms with Crippen molar-refractivity contribution in [2.75, 3.05) is 11.4 Å². The first kappa shape index (κ1) is 19.3. The number of nitrogens with zero attached hydrogens (tertiary/aromatic N) is 4. The van der Waals surface area contributed by atoms with Crippen molar-refractivity contribution in [2.24, 2.45) is 5.73 Å². The Kier molecular flexibility index (Phi) is 5.18. The molecule has 0 amide bonds. The third-order valence-corrected chi connectivity index (χ3v) is 5.57. The topological polar surface area (TPSA) is 114 Å². The summed E-state index contributed by atoms with van der Waals surface area (Å²) in [6.07, 6.45) is 3.79. The van der Waals surface area contributed by atoms with Gasteiger partial charge in [-0.15, -0.1) is 23.7 Å². The summed E-state index contributed by atoms with van der Waals surface area (Å²) in [5, 5.41) is 11.9. The van der Waals surface area contributed by atoms with Crippen molar-refractivity contribution < 1.29 is 9.90 Å². The maximum absolute atomic E-state index is 12.6. The fourth-order valence-electron chi connectivity index (χ4n) is 3.27. The lowest BCUT2D eigenvalue weighted by atomic mass is 10.1. The molecule has 3 aromatic heterocycles. The van der Waals surface area contributed by atoms with Gasteiger partial charge in [0.2, 0.25) is 5.43 Å². The summed E-state index contributed by atoms with van der Waals surface area (Å²) in [6.45, 7) is 2.83. The van der Waals surface area contributed by atoms with Crippen LogP contribution in [0.15, 0.2) is 34.7 Å². The molecule has 0 aromatic carbocycles. The molecule has 0 unspecified atom stereocenters. The molecule has 1 aliphatic rings. The van der Waals surface area contributed by atoms with Gasteiger partial charge in [0.05, 0.1) is 5.39 Å². The molecule has 1 fully saturated rings. The summed E-state index contributed by atoms with van der Waals surface area (Å²) in [7, 11) is 0. The van der Waals surface area contributed by atoms with Crippen molar-refractivity contribution in [2.45, 2.75) is 25.4 Å². The second kappa shape index (κ2) is 7.26. The predicted octanol–water partition coefficient (Wildman–Crippen LogP) is 1.89. The number of carboxylic acid groups (broad SMARTS) is 1. The molecule has 4 rings (SSSR count). The zero-order valence-electron chi connectivity index (χ0n) is 14.4. The van der Waals surface area contributed by atoms with E-state index in [-0.39, 0.29) is 35.4 Å². The Balaban J connectivity index is 0.00000210. The van der Waals surface area contributed by atoms with E-state index in [4.69, 9.17) is 5.73 Å². The Bertz CT molecular complexity index is 1050. The molecule has 142 valence electrons. The number of aromatic nitrogens is 3. The van der Waals surface area contributed by atoms with Crippen molar-refractivity contribution in [3.63, 3.8) is 0 Å². The number of hydrogen-bond donors (Lipinski definition) is 2. The fraction of sp³-hybridized carbons (Fsp3) is 0.294. The Morgan fingerprint density at radius 1 is 1.41 bits per heavy atom.